The number of carbonyl (C=O) groups is 1. The summed E-state index contributed by atoms with van der Waals surface area (Å²) in [6.07, 6.45) is 0.554. The number of thiol groups is 1. The Morgan fingerprint density at radius 2 is 2.38 bits per heavy atom. The first-order valence-electron chi connectivity index (χ1n) is 4.85. The maximum Gasteiger partial charge on any atom is 0.227 e. The minimum atomic E-state index is 0.115. The Kier molecular flexibility index (Phi) is 3.77. The molecule has 0 bridgehead atoms. The van der Waals surface area contributed by atoms with Gasteiger partial charge in [0.15, 0.2) is 0 Å². The van der Waals surface area contributed by atoms with Crippen molar-refractivity contribution in [3.05, 3.63) is 21.9 Å². The SMILES string of the molecule is O=C1CC(CS)CN1c1ccc(Cl)nc1Br. The van der Waals surface area contributed by atoms with Crippen molar-refractivity contribution < 1.29 is 4.79 Å². The van der Waals surface area contributed by atoms with Crippen LogP contribution < -0.4 is 4.90 Å². The highest BCUT2D eigenvalue weighted by Crippen LogP contribution is 2.31. The predicted octanol–water partition coefficient (Wildman–Crippen LogP) is 2.78. The molecule has 0 spiro atoms. The quantitative estimate of drug-likeness (QED) is 0.671. The average molecular weight is 322 g/mol. The number of halogens is 2. The van der Waals surface area contributed by atoms with Gasteiger partial charge in [0.05, 0.1) is 5.69 Å². The molecule has 0 saturated carbocycles. The summed E-state index contributed by atoms with van der Waals surface area (Å²) in [6, 6.07) is 3.49. The maximum atomic E-state index is 11.8. The lowest BCUT2D eigenvalue weighted by Gasteiger charge is -2.17. The molecule has 86 valence electrons. The lowest BCUT2D eigenvalue weighted by atomic mass is 10.1. The van der Waals surface area contributed by atoms with E-state index in [0.717, 1.165) is 11.4 Å². The fraction of sp³-hybridized carbons (Fsp3) is 0.400. The van der Waals surface area contributed by atoms with Crippen LogP contribution in [0.25, 0.3) is 0 Å². The third-order valence-electron chi connectivity index (χ3n) is 2.55. The second-order valence-corrected chi connectivity index (χ2v) is 5.20. The van der Waals surface area contributed by atoms with Crippen molar-refractivity contribution in [2.75, 3.05) is 17.2 Å². The lowest BCUT2D eigenvalue weighted by molar-refractivity contribution is -0.117. The molecule has 0 radical (unpaired) electrons. The number of hydrogen-bond acceptors (Lipinski definition) is 3. The number of rotatable bonds is 2. The molecular weight excluding hydrogens is 312 g/mol. The van der Waals surface area contributed by atoms with Crippen molar-refractivity contribution >= 4 is 51.8 Å². The normalized spacial score (nSPS) is 20.6. The Balaban J connectivity index is 2.28. The fourth-order valence-corrected chi connectivity index (χ4v) is 2.77. The van der Waals surface area contributed by atoms with Crippen LogP contribution in [-0.2, 0) is 4.79 Å². The van der Waals surface area contributed by atoms with Gasteiger partial charge in [-0.3, -0.25) is 4.79 Å². The molecule has 1 aliphatic rings. The third-order valence-corrected chi connectivity index (χ3v) is 3.86. The van der Waals surface area contributed by atoms with Crippen molar-refractivity contribution in [1.29, 1.82) is 0 Å². The Bertz CT molecular complexity index is 429. The van der Waals surface area contributed by atoms with Crippen LogP contribution in [0.5, 0.6) is 0 Å². The minimum absolute atomic E-state index is 0.115. The summed E-state index contributed by atoms with van der Waals surface area (Å²) in [4.78, 5) is 17.6. The predicted molar refractivity (Wildman–Crippen MR) is 71.3 cm³/mol. The number of aromatic nitrogens is 1. The van der Waals surface area contributed by atoms with E-state index < -0.39 is 0 Å². The second-order valence-electron chi connectivity index (χ2n) is 3.70. The summed E-state index contributed by atoms with van der Waals surface area (Å²) >= 11 is 13.3. The molecule has 6 heteroatoms. The molecule has 16 heavy (non-hydrogen) atoms. The van der Waals surface area contributed by atoms with E-state index in [4.69, 9.17) is 11.6 Å². The molecule has 1 aromatic heterocycles. The molecule has 2 rings (SSSR count). The van der Waals surface area contributed by atoms with Gasteiger partial charge in [-0.2, -0.15) is 12.6 Å². The summed E-state index contributed by atoms with van der Waals surface area (Å²) < 4.78 is 0.605. The van der Waals surface area contributed by atoms with Crippen molar-refractivity contribution in [3.63, 3.8) is 0 Å². The summed E-state index contributed by atoms with van der Waals surface area (Å²) in [5.74, 6) is 1.16. The van der Waals surface area contributed by atoms with Crippen molar-refractivity contribution in [2.24, 2.45) is 5.92 Å². The van der Waals surface area contributed by atoms with E-state index in [1.54, 1.807) is 17.0 Å². The van der Waals surface area contributed by atoms with Gasteiger partial charge in [-0.05, 0) is 39.7 Å². The third kappa shape index (κ3) is 2.36. The highest BCUT2D eigenvalue weighted by Gasteiger charge is 2.30. The molecular formula is C10H10BrClN2OS. The Morgan fingerprint density at radius 1 is 1.62 bits per heavy atom. The fourth-order valence-electron chi connectivity index (χ4n) is 1.74. The second kappa shape index (κ2) is 4.94. The number of amides is 1. The molecule has 1 unspecified atom stereocenters. The van der Waals surface area contributed by atoms with Gasteiger partial charge < -0.3 is 4.90 Å². The molecule has 1 saturated heterocycles. The molecule has 0 aromatic carbocycles. The van der Waals surface area contributed by atoms with E-state index in [0.29, 0.717) is 28.6 Å². The highest BCUT2D eigenvalue weighted by molar-refractivity contribution is 9.10. The topological polar surface area (TPSA) is 33.2 Å². The molecule has 1 aliphatic heterocycles. The number of anilines is 1. The zero-order chi connectivity index (χ0) is 11.7. The van der Waals surface area contributed by atoms with Gasteiger partial charge in [-0.25, -0.2) is 4.98 Å². The van der Waals surface area contributed by atoms with Gasteiger partial charge >= 0.3 is 0 Å². The first kappa shape index (κ1) is 12.2. The molecule has 1 amide bonds. The Morgan fingerprint density at radius 3 is 2.94 bits per heavy atom. The van der Waals surface area contributed by atoms with Gasteiger partial charge in [0.25, 0.3) is 0 Å². The summed E-state index contributed by atoms with van der Waals surface area (Å²) in [7, 11) is 0. The van der Waals surface area contributed by atoms with E-state index in [9.17, 15) is 4.79 Å². The molecule has 0 aliphatic carbocycles. The lowest BCUT2D eigenvalue weighted by Crippen LogP contribution is -2.25. The minimum Gasteiger partial charge on any atom is -0.310 e. The smallest absolute Gasteiger partial charge is 0.227 e. The van der Waals surface area contributed by atoms with Crippen molar-refractivity contribution in [1.82, 2.24) is 4.98 Å². The number of hydrogen-bond donors (Lipinski definition) is 1. The van der Waals surface area contributed by atoms with Gasteiger partial charge in [0.1, 0.15) is 9.76 Å². The van der Waals surface area contributed by atoms with Gasteiger partial charge in [-0.15, -0.1) is 0 Å². The Labute approximate surface area is 113 Å². The van der Waals surface area contributed by atoms with Crippen LogP contribution in [0.2, 0.25) is 5.15 Å². The number of nitrogens with zero attached hydrogens (tertiary/aromatic N) is 2. The van der Waals surface area contributed by atoms with E-state index in [2.05, 4.69) is 33.5 Å². The van der Waals surface area contributed by atoms with Crippen LogP contribution >= 0.6 is 40.2 Å². The standard InChI is InChI=1S/C10H10BrClN2OS/c11-10-7(1-2-8(12)13-10)14-4-6(5-16)3-9(14)15/h1-2,6,16H,3-5H2. The zero-order valence-electron chi connectivity index (χ0n) is 8.36. The Hall–Kier alpha value is -0.260. The number of pyridine rings is 1. The van der Waals surface area contributed by atoms with Crippen LogP contribution in [0.1, 0.15) is 6.42 Å². The molecule has 1 fully saturated rings. The van der Waals surface area contributed by atoms with Crippen LogP contribution in [-0.4, -0.2) is 23.2 Å². The molecule has 3 nitrogen and oxygen atoms in total. The van der Waals surface area contributed by atoms with E-state index in [1.807, 2.05) is 0 Å². The zero-order valence-corrected chi connectivity index (χ0v) is 11.6. The molecule has 1 aromatic rings. The van der Waals surface area contributed by atoms with E-state index >= 15 is 0 Å². The first-order chi connectivity index (χ1) is 7.61. The summed E-state index contributed by atoms with van der Waals surface area (Å²) in [5, 5.41) is 0.410. The molecule has 2 heterocycles. The van der Waals surface area contributed by atoms with Crippen LogP contribution in [0.3, 0.4) is 0 Å². The van der Waals surface area contributed by atoms with E-state index in [1.165, 1.54) is 0 Å². The molecule has 0 N–H and O–H groups in total. The summed E-state index contributed by atoms with van der Waals surface area (Å²) in [5.41, 5.74) is 0.777. The average Bonchev–Trinajstić information content (AvgIpc) is 2.60. The van der Waals surface area contributed by atoms with Gasteiger partial charge in [0.2, 0.25) is 5.91 Å². The van der Waals surface area contributed by atoms with Crippen LogP contribution in [0.4, 0.5) is 5.69 Å². The van der Waals surface area contributed by atoms with Gasteiger partial charge in [-0.1, -0.05) is 11.6 Å². The van der Waals surface area contributed by atoms with Crippen molar-refractivity contribution in [2.45, 2.75) is 6.42 Å². The van der Waals surface area contributed by atoms with Gasteiger partial charge in [0, 0.05) is 13.0 Å². The highest BCUT2D eigenvalue weighted by atomic mass is 79.9. The van der Waals surface area contributed by atoms with Crippen LogP contribution in [0.15, 0.2) is 16.7 Å². The number of carbonyl (C=O) groups excluding carboxylic acids is 1. The first-order valence-corrected chi connectivity index (χ1v) is 6.65. The maximum absolute atomic E-state index is 11.8. The van der Waals surface area contributed by atoms with Crippen molar-refractivity contribution in [3.8, 4) is 0 Å². The largest absolute Gasteiger partial charge is 0.310 e. The van der Waals surface area contributed by atoms with E-state index in [-0.39, 0.29) is 5.91 Å². The summed E-state index contributed by atoms with van der Waals surface area (Å²) in [6.45, 7) is 0.699. The molecule has 1 atom stereocenters. The monoisotopic (exact) mass is 320 g/mol. The van der Waals surface area contributed by atoms with Crippen LogP contribution in [0, 0.1) is 5.92 Å².